The standard InChI is InChI=1S/C26H29N5O3S/c1-17-23-24(31(29-17)20-9-5-4-6-10-20)28-26(35-23)30-13-7-8-18(16-30)25(32)27-15-19-14-21(33-2)11-12-22(19)34-3/h4-6,9-12,14,18H,7-8,13,15-16H2,1-3H3,(H,27,32)/t18-/m1/s1. The van der Waals surface area contributed by atoms with Gasteiger partial charge in [0.25, 0.3) is 0 Å². The smallest absolute Gasteiger partial charge is 0.225 e. The molecule has 0 bridgehead atoms. The molecule has 1 aliphatic heterocycles. The molecule has 35 heavy (non-hydrogen) atoms. The number of piperidine rings is 1. The molecule has 1 N–H and O–H groups in total. The summed E-state index contributed by atoms with van der Waals surface area (Å²) < 4.78 is 13.7. The molecule has 0 spiro atoms. The molecule has 182 valence electrons. The van der Waals surface area contributed by atoms with Crippen molar-refractivity contribution in [2.24, 2.45) is 5.92 Å². The van der Waals surface area contributed by atoms with Gasteiger partial charge in [0.1, 0.15) is 11.5 Å². The first-order valence-corrected chi connectivity index (χ1v) is 12.5. The molecule has 9 heteroatoms. The summed E-state index contributed by atoms with van der Waals surface area (Å²) in [6.07, 6.45) is 1.81. The van der Waals surface area contributed by atoms with Gasteiger partial charge in [-0.3, -0.25) is 4.79 Å². The van der Waals surface area contributed by atoms with Gasteiger partial charge in [-0.15, -0.1) is 0 Å². The van der Waals surface area contributed by atoms with Crippen LogP contribution in [0.1, 0.15) is 24.1 Å². The van der Waals surface area contributed by atoms with E-state index in [9.17, 15) is 4.79 Å². The summed E-state index contributed by atoms with van der Waals surface area (Å²) in [7, 11) is 3.25. The Kier molecular flexibility index (Phi) is 6.59. The zero-order chi connectivity index (χ0) is 24.4. The lowest BCUT2D eigenvalue weighted by molar-refractivity contribution is -0.125. The third kappa shape index (κ3) is 4.68. The molecule has 2 aromatic heterocycles. The highest BCUT2D eigenvalue weighted by Gasteiger charge is 2.28. The second kappa shape index (κ2) is 9.95. The number of anilines is 1. The summed E-state index contributed by atoms with van der Waals surface area (Å²) in [6.45, 7) is 3.95. The number of para-hydroxylation sites is 1. The van der Waals surface area contributed by atoms with Crippen molar-refractivity contribution < 1.29 is 14.3 Å². The molecule has 4 aromatic rings. The van der Waals surface area contributed by atoms with E-state index in [1.54, 1.807) is 25.6 Å². The van der Waals surface area contributed by atoms with Crippen LogP contribution in [0, 0.1) is 12.8 Å². The van der Waals surface area contributed by atoms with E-state index < -0.39 is 0 Å². The van der Waals surface area contributed by atoms with E-state index in [0.717, 1.165) is 63.3 Å². The Bertz CT molecular complexity index is 1330. The highest BCUT2D eigenvalue weighted by Crippen LogP contribution is 2.34. The van der Waals surface area contributed by atoms with Crippen molar-refractivity contribution >= 4 is 32.7 Å². The maximum Gasteiger partial charge on any atom is 0.225 e. The molecule has 1 aliphatic rings. The maximum atomic E-state index is 13.1. The normalized spacial score (nSPS) is 15.9. The summed E-state index contributed by atoms with van der Waals surface area (Å²) in [5.74, 6) is 1.42. The van der Waals surface area contributed by atoms with Crippen LogP contribution in [0.4, 0.5) is 5.13 Å². The molecule has 1 atom stereocenters. The van der Waals surface area contributed by atoms with Crippen LogP contribution in [0.25, 0.3) is 16.0 Å². The number of nitrogens with zero attached hydrogens (tertiary/aromatic N) is 4. The molecule has 0 unspecified atom stereocenters. The van der Waals surface area contributed by atoms with Gasteiger partial charge in [-0.2, -0.15) is 10.1 Å². The molecule has 0 saturated carbocycles. The van der Waals surface area contributed by atoms with Crippen molar-refractivity contribution in [2.45, 2.75) is 26.3 Å². The van der Waals surface area contributed by atoms with Crippen molar-refractivity contribution in [1.82, 2.24) is 20.1 Å². The van der Waals surface area contributed by atoms with Gasteiger partial charge in [0, 0.05) is 25.2 Å². The number of hydrogen-bond acceptors (Lipinski definition) is 7. The lowest BCUT2D eigenvalue weighted by Crippen LogP contribution is -2.43. The summed E-state index contributed by atoms with van der Waals surface area (Å²) in [5, 5.41) is 8.73. The summed E-state index contributed by atoms with van der Waals surface area (Å²) in [6, 6.07) is 15.7. The van der Waals surface area contributed by atoms with Crippen LogP contribution in [0.5, 0.6) is 11.5 Å². The zero-order valence-electron chi connectivity index (χ0n) is 20.2. The number of fused-ring (bicyclic) bond motifs is 1. The van der Waals surface area contributed by atoms with E-state index in [1.807, 2.05) is 60.1 Å². The molecule has 0 radical (unpaired) electrons. The minimum atomic E-state index is -0.0981. The van der Waals surface area contributed by atoms with Crippen LogP contribution < -0.4 is 19.7 Å². The number of aromatic nitrogens is 3. The Morgan fingerprint density at radius 1 is 1.17 bits per heavy atom. The van der Waals surface area contributed by atoms with Crippen LogP contribution in [-0.2, 0) is 11.3 Å². The second-order valence-electron chi connectivity index (χ2n) is 8.66. The van der Waals surface area contributed by atoms with E-state index in [1.165, 1.54) is 0 Å². The average Bonchev–Trinajstić information content (AvgIpc) is 3.48. The SMILES string of the molecule is COc1ccc(OC)c(CNC(=O)[C@@H]2CCCN(c3nc4c(s3)c(C)nn4-c3ccccc3)C2)c1. The van der Waals surface area contributed by atoms with Gasteiger partial charge in [-0.25, -0.2) is 4.68 Å². The number of methoxy groups -OCH3 is 2. The molecule has 1 fully saturated rings. The molecule has 1 amide bonds. The third-order valence-electron chi connectivity index (χ3n) is 6.38. The lowest BCUT2D eigenvalue weighted by Gasteiger charge is -2.31. The van der Waals surface area contributed by atoms with Gasteiger partial charge in [0.05, 0.1) is 36.2 Å². The lowest BCUT2D eigenvalue weighted by atomic mass is 9.97. The molecular formula is C26H29N5O3S. The molecule has 2 aromatic carbocycles. The quantitative estimate of drug-likeness (QED) is 0.414. The Morgan fingerprint density at radius 3 is 2.77 bits per heavy atom. The Balaban J connectivity index is 1.30. The summed E-state index contributed by atoms with van der Waals surface area (Å²) in [5.41, 5.74) is 3.71. The number of thiazole rings is 1. The molecule has 0 aliphatic carbocycles. The largest absolute Gasteiger partial charge is 0.497 e. The van der Waals surface area contributed by atoms with Crippen LogP contribution >= 0.6 is 11.3 Å². The fraction of sp³-hybridized carbons (Fsp3) is 0.346. The highest BCUT2D eigenvalue weighted by atomic mass is 32.1. The first-order chi connectivity index (χ1) is 17.1. The number of rotatable bonds is 7. The topological polar surface area (TPSA) is 81.5 Å². The number of aryl methyl sites for hydroxylation is 1. The van der Waals surface area contributed by atoms with Gasteiger partial charge < -0.3 is 19.7 Å². The van der Waals surface area contributed by atoms with Crippen molar-refractivity contribution in [3.8, 4) is 17.2 Å². The van der Waals surface area contributed by atoms with E-state index in [0.29, 0.717) is 13.1 Å². The average molecular weight is 492 g/mol. The maximum absolute atomic E-state index is 13.1. The first-order valence-electron chi connectivity index (χ1n) is 11.7. The number of carbonyl (C=O) groups excluding carboxylic acids is 1. The summed E-state index contributed by atoms with van der Waals surface area (Å²) in [4.78, 5) is 20.3. The van der Waals surface area contributed by atoms with Crippen molar-refractivity contribution in [3.63, 3.8) is 0 Å². The molecule has 1 saturated heterocycles. The fourth-order valence-corrected chi connectivity index (χ4v) is 5.54. The number of carbonyl (C=O) groups is 1. The highest BCUT2D eigenvalue weighted by molar-refractivity contribution is 7.22. The Morgan fingerprint density at radius 2 is 2.00 bits per heavy atom. The van der Waals surface area contributed by atoms with Crippen molar-refractivity contribution in [3.05, 3.63) is 59.8 Å². The van der Waals surface area contributed by atoms with Gasteiger partial charge in [-0.05, 0) is 50.1 Å². The number of nitrogens with one attached hydrogen (secondary N) is 1. The van der Waals surface area contributed by atoms with E-state index in [4.69, 9.17) is 19.6 Å². The predicted octanol–water partition coefficient (Wildman–Crippen LogP) is 4.34. The minimum Gasteiger partial charge on any atom is -0.497 e. The number of ether oxygens (including phenoxy) is 2. The van der Waals surface area contributed by atoms with Crippen LogP contribution in [0.15, 0.2) is 48.5 Å². The summed E-state index contributed by atoms with van der Waals surface area (Å²) >= 11 is 1.65. The van der Waals surface area contributed by atoms with Gasteiger partial charge in [0.2, 0.25) is 5.91 Å². The van der Waals surface area contributed by atoms with E-state index in [2.05, 4.69) is 10.2 Å². The molecular weight excluding hydrogens is 462 g/mol. The number of benzene rings is 2. The number of amides is 1. The molecule has 5 rings (SSSR count). The Labute approximate surface area is 208 Å². The van der Waals surface area contributed by atoms with Crippen LogP contribution in [0.3, 0.4) is 0 Å². The first kappa shape index (κ1) is 23.2. The fourth-order valence-electron chi connectivity index (χ4n) is 4.52. The van der Waals surface area contributed by atoms with Crippen molar-refractivity contribution in [2.75, 3.05) is 32.2 Å². The van der Waals surface area contributed by atoms with Crippen LogP contribution in [0.2, 0.25) is 0 Å². The third-order valence-corrected chi connectivity index (χ3v) is 7.60. The van der Waals surface area contributed by atoms with E-state index >= 15 is 0 Å². The monoisotopic (exact) mass is 491 g/mol. The van der Waals surface area contributed by atoms with Gasteiger partial charge in [0.15, 0.2) is 10.8 Å². The number of hydrogen-bond donors (Lipinski definition) is 1. The van der Waals surface area contributed by atoms with Gasteiger partial charge in [-0.1, -0.05) is 29.5 Å². The molecule has 3 heterocycles. The van der Waals surface area contributed by atoms with Gasteiger partial charge >= 0.3 is 0 Å². The van der Waals surface area contributed by atoms with E-state index in [-0.39, 0.29) is 11.8 Å². The Hall–Kier alpha value is -3.59. The molecule has 8 nitrogen and oxygen atoms in total. The van der Waals surface area contributed by atoms with Crippen LogP contribution in [-0.4, -0.2) is 48.0 Å². The minimum absolute atomic E-state index is 0.0484. The van der Waals surface area contributed by atoms with Crippen molar-refractivity contribution in [1.29, 1.82) is 0 Å². The zero-order valence-corrected chi connectivity index (χ0v) is 21.0. The predicted molar refractivity (Wildman–Crippen MR) is 138 cm³/mol. The second-order valence-corrected chi connectivity index (χ2v) is 9.64.